The highest BCUT2D eigenvalue weighted by atomic mass is 16.2. The second-order valence-electron chi connectivity index (χ2n) is 4.68. The molecule has 0 spiro atoms. The largest absolute Gasteiger partial charge is 0.340 e. The molecule has 1 atom stereocenters. The minimum atomic E-state index is 0.0255. The van der Waals surface area contributed by atoms with Gasteiger partial charge >= 0.3 is 0 Å². The van der Waals surface area contributed by atoms with Gasteiger partial charge in [-0.2, -0.15) is 0 Å². The molecule has 1 aliphatic rings. The maximum Gasteiger partial charge on any atom is 0.274 e. The quantitative estimate of drug-likeness (QED) is 0.819. The Kier molecular flexibility index (Phi) is 3.78. The predicted octanol–water partition coefficient (Wildman–Crippen LogP) is 0.634. The van der Waals surface area contributed by atoms with Crippen molar-refractivity contribution in [3.8, 4) is 0 Å². The van der Waals surface area contributed by atoms with E-state index in [9.17, 15) is 4.79 Å². The first-order valence-corrected chi connectivity index (χ1v) is 6.14. The van der Waals surface area contributed by atoms with Gasteiger partial charge < -0.3 is 14.8 Å². The van der Waals surface area contributed by atoms with Crippen LogP contribution in [0.15, 0.2) is 12.5 Å². The van der Waals surface area contributed by atoms with Crippen LogP contribution in [-0.4, -0.2) is 46.5 Å². The molecular weight excluding hydrogens is 216 g/mol. The molecule has 17 heavy (non-hydrogen) atoms. The number of carbonyl (C=O) groups excluding carboxylic acids is 1. The van der Waals surface area contributed by atoms with E-state index in [-0.39, 0.29) is 5.91 Å². The Bertz CT molecular complexity index is 380. The Labute approximate surface area is 102 Å². The standard InChI is InChI=1S/C12H20N4O/c1-15-8-11(14-9-15)12(17)16(2)10-4-3-6-13-7-5-10/h8-10,13H,3-7H2,1-2H3. The Morgan fingerprint density at radius 3 is 3.06 bits per heavy atom. The number of hydrogen-bond donors (Lipinski definition) is 1. The molecule has 94 valence electrons. The van der Waals surface area contributed by atoms with E-state index in [0.29, 0.717) is 11.7 Å². The van der Waals surface area contributed by atoms with Gasteiger partial charge in [0.05, 0.1) is 6.33 Å². The van der Waals surface area contributed by atoms with Crippen molar-refractivity contribution in [1.82, 2.24) is 19.8 Å². The summed E-state index contributed by atoms with van der Waals surface area (Å²) < 4.78 is 1.80. The first kappa shape index (κ1) is 12.1. The van der Waals surface area contributed by atoms with E-state index in [1.54, 1.807) is 17.1 Å². The van der Waals surface area contributed by atoms with Gasteiger partial charge in [-0.15, -0.1) is 0 Å². The second kappa shape index (κ2) is 5.31. The normalized spacial score (nSPS) is 20.9. The molecule has 1 aromatic heterocycles. The van der Waals surface area contributed by atoms with Gasteiger partial charge in [-0.1, -0.05) is 0 Å². The molecule has 2 rings (SSSR count). The topological polar surface area (TPSA) is 50.2 Å². The van der Waals surface area contributed by atoms with E-state index in [4.69, 9.17) is 0 Å². The van der Waals surface area contributed by atoms with Gasteiger partial charge in [0.2, 0.25) is 0 Å². The zero-order chi connectivity index (χ0) is 12.3. The fraction of sp³-hybridized carbons (Fsp3) is 0.667. The highest BCUT2D eigenvalue weighted by Crippen LogP contribution is 2.14. The lowest BCUT2D eigenvalue weighted by atomic mass is 10.1. The summed E-state index contributed by atoms with van der Waals surface area (Å²) in [5.74, 6) is 0.0255. The Balaban J connectivity index is 2.03. The Morgan fingerprint density at radius 2 is 2.35 bits per heavy atom. The number of imidazole rings is 1. The molecule has 1 aliphatic heterocycles. The van der Waals surface area contributed by atoms with Crippen LogP contribution >= 0.6 is 0 Å². The summed E-state index contributed by atoms with van der Waals surface area (Å²) in [6.07, 6.45) is 6.66. The molecular formula is C12H20N4O. The summed E-state index contributed by atoms with van der Waals surface area (Å²) in [5, 5.41) is 3.36. The lowest BCUT2D eigenvalue weighted by Gasteiger charge is -2.26. The number of nitrogens with one attached hydrogen (secondary N) is 1. The van der Waals surface area contributed by atoms with Gasteiger partial charge in [-0.05, 0) is 32.4 Å². The average molecular weight is 236 g/mol. The van der Waals surface area contributed by atoms with Gasteiger partial charge in [-0.25, -0.2) is 4.98 Å². The number of nitrogens with zero attached hydrogens (tertiary/aromatic N) is 3. The molecule has 2 heterocycles. The number of hydrogen-bond acceptors (Lipinski definition) is 3. The number of amides is 1. The third-order valence-corrected chi connectivity index (χ3v) is 3.34. The number of rotatable bonds is 2. The smallest absolute Gasteiger partial charge is 0.274 e. The lowest BCUT2D eigenvalue weighted by molar-refractivity contribution is 0.0715. The van der Waals surface area contributed by atoms with Crippen molar-refractivity contribution < 1.29 is 4.79 Å². The van der Waals surface area contributed by atoms with E-state index in [0.717, 1.165) is 32.4 Å². The van der Waals surface area contributed by atoms with Gasteiger partial charge in [0.1, 0.15) is 5.69 Å². The van der Waals surface area contributed by atoms with Crippen molar-refractivity contribution in [3.63, 3.8) is 0 Å². The summed E-state index contributed by atoms with van der Waals surface area (Å²) in [6.45, 7) is 2.05. The minimum Gasteiger partial charge on any atom is -0.340 e. The highest BCUT2D eigenvalue weighted by Gasteiger charge is 2.23. The summed E-state index contributed by atoms with van der Waals surface area (Å²) >= 11 is 0. The van der Waals surface area contributed by atoms with Crippen molar-refractivity contribution in [2.24, 2.45) is 7.05 Å². The number of aromatic nitrogens is 2. The molecule has 5 nitrogen and oxygen atoms in total. The SMILES string of the molecule is CN(C(=O)c1cn(C)cn1)C1CCCNCC1. The molecule has 5 heteroatoms. The van der Waals surface area contributed by atoms with E-state index < -0.39 is 0 Å². The van der Waals surface area contributed by atoms with E-state index >= 15 is 0 Å². The number of carbonyl (C=O) groups is 1. The van der Waals surface area contributed by atoms with Crippen molar-refractivity contribution >= 4 is 5.91 Å². The summed E-state index contributed by atoms with van der Waals surface area (Å²) in [7, 11) is 3.76. The fourth-order valence-electron chi connectivity index (χ4n) is 2.26. The molecule has 1 N–H and O–H groups in total. The molecule has 1 fully saturated rings. The first-order valence-electron chi connectivity index (χ1n) is 6.14. The molecule has 1 unspecified atom stereocenters. The van der Waals surface area contributed by atoms with E-state index in [2.05, 4.69) is 10.3 Å². The Morgan fingerprint density at radius 1 is 1.53 bits per heavy atom. The van der Waals surface area contributed by atoms with Crippen molar-refractivity contribution in [1.29, 1.82) is 0 Å². The van der Waals surface area contributed by atoms with Crippen LogP contribution in [0, 0.1) is 0 Å². The summed E-state index contributed by atoms with van der Waals surface area (Å²) in [4.78, 5) is 18.2. The summed E-state index contributed by atoms with van der Waals surface area (Å²) in [5.41, 5.74) is 0.534. The lowest BCUT2D eigenvalue weighted by Crippen LogP contribution is -2.37. The van der Waals surface area contributed by atoms with Gasteiger partial charge in [0.15, 0.2) is 0 Å². The fourth-order valence-corrected chi connectivity index (χ4v) is 2.26. The second-order valence-corrected chi connectivity index (χ2v) is 4.68. The minimum absolute atomic E-state index is 0.0255. The van der Waals surface area contributed by atoms with Gasteiger partial charge in [0, 0.05) is 26.3 Å². The summed E-state index contributed by atoms with van der Waals surface area (Å²) in [6, 6.07) is 0.333. The van der Waals surface area contributed by atoms with Crippen LogP contribution in [0.25, 0.3) is 0 Å². The molecule has 0 radical (unpaired) electrons. The zero-order valence-electron chi connectivity index (χ0n) is 10.5. The van der Waals surface area contributed by atoms with Crippen LogP contribution in [0.4, 0.5) is 0 Å². The number of aryl methyl sites for hydroxylation is 1. The molecule has 0 aliphatic carbocycles. The first-order chi connectivity index (χ1) is 8.18. The maximum atomic E-state index is 12.2. The molecule has 0 bridgehead atoms. The zero-order valence-corrected chi connectivity index (χ0v) is 10.5. The maximum absolute atomic E-state index is 12.2. The van der Waals surface area contributed by atoms with Gasteiger partial charge in [-0.3, -0.25) is 4.79 Å². The van der Waals surface area contributed by atoms with Gasteiger partial charge in [0.25, 0.3) is 5.91 Å². The molecule has 0 aromatic carbocycles. The van der Waals surface area contributed by atoms with Crippen LogP contribution in [-0.2, 0) is 7.05 Å². The Hall–Kier alpha value is -1.36. The predicted molar refractivity (Wildman–Crippen MR) is 65.8 cm³/mol. The van der Waals surface area contributed by atoms with Crippen molar-refractivity contribution in [2.45, 2.75) is 25.3 Å². The van der Waals surface area contributed by atoms with Crippen LogP contribution in [0.2, 0.25) is 0 Å². The van der Waals surface area contributed by atoms with Crippen LogP contribution in [0.5, 0.6) is 0 Å². The van der Waals surface area contributed by atoms with Crippen LogP contribution in [0.1, 0.15) is 29.8 Å². The van der Waals surface area contributed by atoms with E-state index in [1.807, 2.05) is 19.0 Å². The van der Waals surface area contributed by atoms with Crippen LogP contribution < -0.4 is 5.32 Å². The third-order valence-electron chi connectivity index (χ3n) is 3.34. The third kappa shape index (κ3) is 2.85. The van der Waals surface area contributed by atoms with Crippen molar-refractivity contribution in [2.75, 3.05) is 20.1 Å². The van der Waals surface area contributed by atoms with Crippen molar-refractivity contribution in [3.05, 3.63) is 18.2 Å². The molecule has 1 saturated heterocycles. The molecule has 1 amide bonds. The molecule has 1 aromatic rings. The van der Waals surface area contributed by atoms with E-state index in [1.165, 1.54) is 0 Å². The molecule has 0 saturated carbocycles. The monoisotopic (exact) mass is 236 g/mol. The highest BCUT2D eigenvalue weighted by molar-refractivity contribution is 5.92. The average Bonchev–Trinajstić information content (AvgIpc) is 2.60. The van der Waals surface area contributed by atoms with Crippen LogP contribution in [0.3, 0.4) is 0 Å².